The number of aromatic nitrogens is 1. The fraction of sp³-hybridized carbons (Fsp3) is 0.629. The van der Waals surface area contributed by atoms with Gasteiger partial charge in [-0.1, -0.05) is 0 Å². The van der Waals surface area contributed by atoms with Gasteiger partial charge in [-0.2, -0.15) is 0 Å². The number of aryl methyl sites for hydroxylation is 1. The van der Waals surface area contributed by atoms with Gasteiger partial charge in [0.05, 0.1) is 29.1 Å². The molecule has 4 bridgehead atoms. The molecule has 6 aliphatic heterocycles. The topological polar surface area (TPSA) is 124 Å². The standard InChI is InChI=1S/C35H45FN6O5S/c1-22-28-19-30(43)39-35(10-14-41(15-11-35)33(45)24-2-4-25(36)5-3-24)20-31(44)42-21-27(37-26-8-16-47-17-9-26)18-29(42)34(46)40-12-6-23(7-13-40)32(38-28)48-22/h2-5,23,26-27,29,37H,6-21H2,1H3,(H,39,43)/t27-,29-/m0/s1. The molecular weight excluding hydrogens is 635 g/mol. The van der Waals surface area contributed by atoms with E-state index in [0.717, 1.165) is 41.3 Å². The van der Waals surface area contributed by atoms with Crippen LogP contribution in [-0.4, -0.2) is 113 Å². The van der Waals surface area contributed by atoms with Gasteiger partial charge >= 0.3 is 0 Å². The van der Waals surface area contributed by atoms with Crippen molar-refractivity contribution in [3.8, 4) is 0 Å². The second-order valence-electron chi connectivity index (χ2n) is 14.2. The van der Waals surface area contributed by atoms with Crippen LogP contribution >= 0.6 is 11.3 Å². The molecule has 11 nitrogen and oxygen atoms in total. The van der Waals surface area contributed by atoms with Gasteiger partial charge in [-0.25, -0.2) is 9.37 Å². The second-order valence-corrected chi connectivity index (χ2v) is 15.4. The SMILES string of the molecule is Cc1sc2nc1CC(=O)NC1(CCN(C(=O)c3ccc(F)cc3)CC1)CC(=O)N1C[C@@H](NC3CCOCC3)C[C@H]1C(=O)N1CCC2CC1. The molecule has 13 heteroatoms. The van der Waals surface area contributed by atoms with Crippen molar-refractivity contribution in [2.75, 3.05) is 45.9 Å². The molecule has 2 aromatic rings. The average Bonchev–Trinajstić information content (AvgIpc) is 3.68. The Morgan fingerprint density at radius 1 is 1.02 bits per heavy atom. The highest BCUT2D eigenvalue weighted by Crippen LogP contribution is 2.35. The zero-order valence-corrected chi connectivity index (χ0v) is 28.4. The number of benzene rings is 1. The van der Waals surface area contributed by atoms with E-state index in [1.165, 1.54) is 24.3 Å². The van der Waals surface area contributed by atoms with Crippen molar-refractivity contribution in [3.05, 3.63) is 51.2 Å². The lowest BCUT2D eigenvalue weighted by molar-refractivity contribution is -0.145. The summed E-state index contributed by atoms with van der Waals surface area (Å²) in [4.78, 5) is 66.9. The maximum atomic E-state index is 14.4. The summed E-state index contributed by atoms with van der Waals surface area (Å²) in [6.07, 6.45) is 4.89. The largest absolute Gasteiger partial charge is 0.381 e. The monoisotopic (exact) mass is 680 g/mol. The summed E-state index contributed by atoms with van der Waals surface area (Å²) in [6.45, 7) is 5.73. The first-order valence-electron chi connectivity index (χ1n) is 17.4. The Kier molecular flexibility index (Phi) is 9.54. The van der Waals surface area contributed by atoms with Crippen LogP contribution in [0.3, 0.4) is 0 Å². The highest BCUT2D eigenvalue weighted by atomic mass is 32.1. The van der Waals surface area contributed by atoms with Crippen molar-refractivity contribution in [1.29, 1.82) is 0 Å². The molecule has 8 rings (SSSR count). The number of ether oxygens (including phenoxy) is 1. The molecule has 258 valence electrons. The molecule has 0 aliphatic carbocycles. The second kappa shape index (κ2) is 13.8. The number of carbonyl (C=O) groups is 4. The summed E-state index contributed by atoms with van der Waals surface area (Å²) in [5.41, 5.74) is 0.257. The Morgan fingerprint density at radius 3 is 2.44 bits per heavy atom. The fourth-order valence-corrected chi connectivity index (χ4v) is 9.26. The molecule has 1 aromatic heterocycles. The van der Waals surface area contributed by atoms with Crippen LogP contribution in [0.1, 0.15) is 83.2 Å². The Bertz CT molecular complexity index is 1530. The van der Waals surface area contributed by atoms with E-state index in [1.807, 2.05) is 11.8 Å². The maximum absolute atomic E-state index is 14.4. The summed E-state index contributed by atoms with van der Waals surface area (Å²) in [6, 6.07) is 5.19. The average molecular weight is 681 g/mol. The van der Waals surface area contributed by atoms with Crippen LogP contribution in [0, 0.1) is 12.7 Å². The van der Waals surface area contributed by atoms with Crippen LogP contribution in [-0.2, 0) is 25.5 Å². The van der Waals surface area contributed by atoms with Crippen LogP contribution in [0.4, 0.5) is 4.39 Å². The van der Waals surface area contributed by atoms with Gasteiger partial charge in [-0.3, -0.25) is 19.2 Å². The number of amides is 4. The Balaban J connectivity index is 1.15. The highest BCUT2D eigenvalue weighted by Gasteiger charge is 2.46. The number of carbonyl (C=O) groups excluding carboxylic acids is 4. The first-order chi connectivity index (χ1) is 23.2. The number of thiazole rings is 1. The zero-order valence-electron chi connectivity index (χ0n) is 27.5. The number of piperidine rings is 2. The van der Waals surface area contributed by atoms with Gasteiger partial charge in [-0.15, -0.1) is 11.3 Å². The number of halogens is 1. The molecule has 7 heterocycles. The van der Waals surface area contributed by atoms with E-state index in [9.17, 15) is 23.6 Å². The Labute approximate surface area is 284 Å². The molecular formula is C35H45FN6O5S. The lowest BCUT2D eigenvalue weighted by atomic mass is 9.83. The molecule has 2 atom stereocenters. The summed E-state index contributed by atoms with van der Waals surface area (Å²) >= 11 is 1.63. The molecule has 2 N–H and O–H groups in total. The third kappa shape index (κ3) is 7.00. The smallest absolute Gasteiger partial charge is 0.253 e. The number of nitrogens with zero attached hydrogens (tertiary/aromatic N) is 4. The molecule has 4 saturated heterocycles. The van der Waals surface area contributed by atoms with E-state index in [1.54, 1.807) is 21.1 Å². The van der Waals surface area contributed by atoms with Crippen molar-refractivity contribution < 1.29 is 28.3 Å². The van der Waals surface area contributed by atoms with Gasteiger partial charge in [-0.05, 0) is 76.1 Å². The number of hydrogen-bond donors (Lipinski definition) is 2. The van der Waals surface area contributed by atoms with Crippen molar-refractivity contribution in [3.63, 3.8) is 0 Å². The third-order valence-corrected chi connectivity index (χ3v) is 12.2. The number of nitrogens with one attached hydrogen (secondary N) is 2. The summed E-state index contributed by atoms with van der Waals surface area (Å²) in [7, 11) is 0. The summed E-state index contributed by atoms with van der Waals surface area (Å²) in [5.74, 6) is -0.737. The lowest BCUT2D eigenvalue weighted by Gasteiger charge is -2.43. The highest BCUT2D eigenvalue weighted by molar-refractivity contribution is 7.11. The van der Waals surface area contributed by atoms with Gasteiger partial charge in [0.25, 0.3) is 5.91 Å². The molecule has 48 heavy (non-hydrogen) atoms. The molecule has 1 spiro atoms. The molecule has 4 amide bonds. The molecule has 6 aliphatic rings. The Morgan fingerprint density at radius 2 is 1.73 bits per heavy atom. The first-order valence-corrected chi connectivity index (χ1v) is 18.2. The minimum absolute atomic E-state index is 0.000945. The van der Waals surface area contributed by atoms with Gasteiger partial charge in [0.15, 0.2) is 0 Å². The van der Waals surface area contributed by atoms with E-state index in [2.05, 4.69) is 10.6 Å². The van der Waals surface area contributed by atoms with Crippen molar-refractivity contribution >= 4 is 35.0 Å². The van der Waals surface area contributed by atoms with Crippen LogP contribution in [0.25, 0.3) is 0 Å². The van der Waals surface area contributed by atoms with Crippen LogP contribution in [0.2, 0.25) is 0 Å². The fourth-order valence-electron chi connectivity index (χ4n) is 8.15. The van der Waals surface area contributed by atoms with Crippen molar-refractivity contribution in [2.24, 2.45) is 0 Å². The van der Waals surface area contributed by atoms with E-state index in [0.29, 0.717) is 70.8 Å². The summed E-state index contributed by atoms with van der Waals surface area (Å²) in [5, 5.41) is 7.99. The predicted octanol–water partition coefficient (Wildman–Crippen LogP) is 2.77. The maximum Gasteiger partial charge on any atom is 0.253 e. The van der Waals surface area contributed by atoms with Crippen molar-refractivity contribution in [2.45, 2.75) is 94.3 Å². The number of likely N-dealkylation sites (tertiary alicyclic amines) is 1. The Hall–Kier alpha value is -3.42. The third-order valence-electron chi connectivity index (χ3n) is 11.0. The number of hydrogen-bond acceptors (Lipinski definition) is 8. The lowest BCUT2D eigenvalue weighted by Crippen LogP contribution is -2.59. The van der Waals surface area contributed by atoms with Gasteiger partial charge in [0, 0.05) is 74.4 Å². The molecule has 0 radical (unpaired) electrons. The van der Waals surface area contributed by atoms with E-state index < -0.39 is 17.4 Å². The minimum atomic E-state index is -0.892. The van der Waals surface area contributed by atoms with Gasteiger partial charge in [0.1, 0.15) is 11.9 Å². The molecule has 0 saturated carbocycles. The van der Waals surface area contributed by atoms with E-state index in [4.69, 9.17) is 9.72 Å². The minimum Gasteiger partial charge on any atom is -0.381 e. The summed E-state index contributed by atoms with van der Waals surface area (Å²) < 4.78 is 19.1. The number of fused-ring (bicyclic) bond motifs is 5. The van der Waals surface area contributed by atoms with Crippen LogP contribution in [0.15, 0.2) is 24.3 Å². The van der Waals surface area contributed by atoms with E-state index in [-0.39, 0.29) is 54.5 Å². The molecule has 4 fully saturated rings. The number of rotatable bonds is 3. The van der Waals surface area contributed by atoms with Gasteiger partial charge in [0.2, 0.25) is 17.7 Å². The first kappa shape index (κ1) is 33.1. The van der Waals surface area contributed by atoms with Crippen LogP contribution in [0.5, 0.6) is 0 Å². The quantitative estimate of drug-likeness (QED) is 0.511. The zero-order chi connectivity index (χ0) is 33.4. The van der Waals surface area contributed by atoms with Crippen molar-refractivity contribution in [1.82, 2.24) is 30.3 Å². The normalized spacial score (nSPS) is 25.9. The molecule has 0 unspecified atom stereocenters. The van der Waals surface area contributed by atoms with Gasteiger partial charge < -0.3 is 30.1 Å². The molecule has 1 aromatic carbocycles. The van der Waals surface area contributed by atoms with Crippen LogP contribution < -0.4 is 10.6 Å². The van der Waals surface area contributed by atoms with E-state index >= 15 is 0 Å². The predicted molar refractivity (Wildman–Crippen MR) is 177 cm³/mol.